The van der Waals surface area contributed by atoms with Crippen molar-refractivity contribution in [3.05, 3.63) is 32.5 Å². The Morgan fingerprint density at radius 1 is 1.45 bits per heavy atom. The van der Waals surface area contributed by atoms with E-state index in [1.807, 2.05) is 0 Å². The smallest absolute Gasteiger partial charge is 0.273 e. The quantitative estimate of drug-likeness (QED) is 0.671. The van der Waals surface area contributed by atoms with Crippen molar-refractivity contribution in [3.8, 4) is 0 Å². The zero-order valence-corrected chi connectivity index (χ0v) is 12.1. The molecule has 1 fully saturated rings. The molecule has 20 heavy (non-hydrogen) atoms. The van der Waals surface area contributed by atoms with Crippen molar-refractivity contribution in [3.63, 3.8) is 0 Å². The van der Waals surface area contributed by atoms with Gasteiger partial charge < -0.3 is 10.6 Å². The number of primary amides is 1. The number of rotatable bonds is 3. The van der Waals surface area contributed by atoms with Gasteiger partial charge in [-0.25, -0.2) is 4.39 Å². The molecule has 1 amide bonds. The monoisotopic (exact) mass is 345 g/mol. The largest absolute Gasteiger partial charge is 0.369 e. The van der Waals surface area contributed by atoms with Crippen LogP contribution in [0.5, 0.6) is 0 Å². The van der Waals surface area contributed by atoms with Crippen molar-refractivity contribution in [1.82, 2.24) is 0 Å². The number of nitro benzene ring substituents is 1. The third-order valence-electron chi connectivity index (χ3n) is 3.43. The van der Waals surface area contributed by atoms with E-state index >= 15 is 0 Å². The van der Waals surface area contributed by atoms with Crippen LogP contribution in [0.2, 0.25) is 0 Å². The molecule has 8 heteroatoms. The lowest BCUT2D eigenvalue weighted by atomic mass is 9.96. The minimum atomic E-state index is -0.649. The highest BCUT2D eigenvalue weighted by Gasteiger charge is 2.27. The Balaban J connectivity index is 2.22. The van der Waals surface area contributed by atoms with E-state index in [9.17, 15) is 19.3 Å². The number of carbonyl (C=O) groups is 1. The summed E-state index contributed by atoms with van der Waals surface area (Å²) in [6.45, 7) is 0.974. The van der Waals surface area contributed by atoms with Gasteiger partial charge in [-0.15, -0.1) is 0 Å². The Bertz CT molecular complexity index is 536. The fourth-order valence-corrected chi connectivity index (χ4v) is 3.02. The molecule has 0 bridgehead atoms. The number of hydrogen-bond donors (Lipinski definition) is 1. The van der Waals surface area contributed by atoms with Crippen LogP contribution in [0.4, 0.5) is 15.8 Å². The zero-order valence-electron chi connectivity index (χ0n) is 10.5. The lowest BCUT2D eigenvalue weighted by Gasteiger charge is -2.33. The first-order valence-corrected chi connectivity index (χ1v) is 6.87. The van der Waals surface area contributed by atoms with Gasteiger partial charge in [-0.05, 0) is 28.8 Å². The second-order valence-electron chi connectivity index (χ2n) is 4.68. The van der Waals surface area contributed by atoms with Crippen LogP contribution in [0.1, 0.15) is 12.8 Å². The number of amides is 1. The summed E-state index contributed by atoms with van der Waals surface area (Å²) in [6.07, 6.45) is 1.11. The number of halogens is 2. The number of nitro groups is 1. The first-order chi connectivity index (χ1) is 9.40. The number of nitrogens with two attached hydrogens (primary N) is 1. The highest BCUT2D eigenvalue weighted by atomic mass is 79.9. The topological polar surface area (TPSA) is 89.5 Å². The van der Waals surface area contributed by atoms with Gasteiger partial charge >= 0.3 is 0 Å². The van der Waals surface area contributed by atoms with E-state index in [1.54, 1.807) is 4.90 Å². The maximum Gasteiger partial charge on any atom is 0.273 e. The summed E-state index contributed by atoms with van der Waals surface area (Å²) in [6, 6.07) is 2.18. The average molecular weight is 346 g/mol. The molecule has 1 heterocycles. The summed E-state index contributed by atoms with van der Waals surface area (Å²) in [5, 5.41) is 10.7. The van der Waals surface area contributed by atoms with Crippen molar-refractivity contribution in [2.24, 2.45) is 11.7 Å². The molecule has 0 atom stereocenters. The molecular formula is C12H13BrFN3O3. The summed E-state index contributed by atoms with van der Waals surface area (Å²) in [7, 11) is 0. The van der Waals surface area contributed by atoms with E-state index in [2.05, 4.69) is 15.9 Å². The molecule has 0 unspecified atom stereocenters. The van der Waals surface area contributed by atoms with Crippen molar-refractivity contribution < 1.29 is 14.1 Å². The molecule has 0 aromatic heterocycles. The molecule has 0 spiro atoms. The van der Waals surface area contributed by atoms with Gasteiger partial charge in [0.05, 0.1) is 21.1 Å². The van der Waals surface area contributed by atoms with Gasteiger partial charge in [0.15, 0.2) is 5.82 Å². The van der Waals surface area contributed by atoms with Crippen LogP contribution >= 0.6 is 15.9 Å². The summed E-state index contributed by atoms with van der Waals surface area (Å²) in [4.78, 5) is 22.9. The lowest BCUT2D eigenvalue weighted by molar-refractivity contribution is -0.385. The number of hydrogen-bond acceptors (Lipinski definition) is 4. The first kappa shape index (κ1) is 14.7. The summed E-state index contributed by atoms with van der Waals surface area (Å²) < 4.78 is 14.4. The third kappa shape index (κ3) is 2.90. The summed E-state index contributed by atoms with van der Waals surface area (Å²) in [5.41, 5.74) is 5.24. The Morgan fingerprint density at radius 2 is 2.05 bits per heavy atom. The van der Waals surface area contributed by atoms with Crippen LogP contribution in [-0.4, -0.2) is 23.9 Å². The number of benzene rings is 1. The van der Waals surface area contributed by atoms with Gasteiger partial charge in [-0.2, -0.15) is 0 Å². The number of anilines is 1. The molecule has 0 saturated carbocycles. The molecule has 1 saturated heterocycles. The fraction of sp³-hybridized carbons (Fsp3) is 0.417. The van der Waals surface area contributed by atoms with E-state index in [0.29, 0.717) is 36.1 Å². The van der Waals surface area contributed by atoms with Gasteiger partial charge in [-0.3, -0.25) is 14.9 Å². The maximum atomic E-state index is 14.0. The predicted octanol–water partition coefficient (Wildman–Crippen LogP) is 2.20. The van der Waals surface area contributed by atoms with Crippen LogP contribution in [-0.2, 0) is 4.79 Å². The van der Waals surface area contributed by atoms with Crippen molar-refractivity contribution >= 4 is 33.2 Å². The van der Waals surface area contributed by atoms with E-state index in [4.69, 9.17) is 5.73 Å². The molecule has 0 radical (unpaired) electrons. The van der Waals surface area contributed by atoms with E-state index < -0.39 is 10.7 Å². The Morgan fingerprint density at radius 3 is 2.50 bits per heavy atom. The number of carbonyl (C=O) groups excluding carboxylic acids is 1. The molecule has 6 nitrogen and oxygen atoms in total. The maximum absolute atomic E-state index is 14.0. The molecule has 1 aliphatic heterocycles. The molecule has 0 aliphatic carbocycles. The molecular weight excluding hydrogens is 333 g/mol. The molecule has 1 aromatic carbocycles. The van der Waals surface area contributed by atoms with Crippen molar-refractivity contribution in [2.75, 3.05) is 18.0 Å². The second-order valence-corrected chi connectivity index (χ2v) is 5.53. The van der Waals surface area contributed by atoms with E-state index in [1.165, 1.54) is 6.07 Å². The molecule has 108 valence electrons. The SMILES string of the molecule is NC(=O)C1CCN(c2c(F)cc([N+](=O)[O-])cc2Br)CC1. The third-order valence-corrected chi connectivity index (χ3v) is 4.03. The van der Waals surface area contributed by atoms with E-state index in [-0.39, 0.29) is 17.5 Å². The van der Waals surface area contributed by atoms with Crippen LogP contribution < -0.4 is 10.6 Å². The lowest BCUT2D eigenvalue weighted by Crippen LogP contribution is -2.39. The summed E-state index contributed by atoms with van der Waals surface area (Å²) in [5.74, 6) is -1.18. The highest BCUT2D eigenvalue weighted by molar-refractivity contribution is 9.10. The van der Waals surface area contributed by atoms with Crippen LogP contribution in [0.15, 0.2) is 16.6 Å². The van der Waals surface area contributed by atoms with Gasteiger partial charge in [0.2, 0.25) is 5.91 Å². The first-order valence-electron chi connectivity index (χ1n) is 6.08. The van der Waals surface area contributed by atoms with Gasteiger partial charge in [-0.1, -0.05) is 0 Å². The molecule has 2 N–H and O–H groups in total. The molecule has 1 aromatic rings. The standard InChI is InChI=1S/C12H13BrFN3O3/c13-9-5-8(17(19)20)6-10(14)11(9)16-3-1-7(2-4-16)12(15)18/h5-7H,1-4H2,(H2,15,18). The molecule has 2 rings (SSSR count). The number of non-ortho nitro benzene ring substituents is 1. The van der Waals surface area contributed by atoms with Crippen molar-refractivity contribution in [2.45, 2.75) is 12.8 Å². The fourth-order valence-electron chi connectivity index (χ4n) is 2.35. The van der Waals surface area contributed by atoms with Crippen LogP contribution in [0, 0.1) is 21.8 Å². The van der Waals surface area contributed by atoms with Gasteiger partial charge in [0.25, 0.3) is 5.69 Å². The van der Waals surface area contributed by atoms with Crippen LogP contribution in [0.25, 0.3) is 0 Å². The number of piperidine rings is 1. The summed E-state index contributed by atoms with van der Waals surface area (Å²) >= 11 is 3.17. The van der Waals surface area contributed by atoms with Gasteiger partial charge in [0.1, 0.15) is 0 Å². The average Bonchev–Trinajstić information content (AvgIpc) is 2.38. The van der Waals surface area contributed by atoms with Gasteiger partial charge in [0, 0.05) is 25.1 Å². The number of nitrogens with zero attached hydrogens (tertiary/aromatic N) is 2. The second kappa shape index (κ2) is 5.74. The normalized spacial score (nSPS) is 16.2. The predicted molar refractivity (Wildman–Crippen MR) is 74.9 cm³/mol. The Hall–Kier alpha value is -1.70. The minimum absolute atomic E-state index is 0.189. The minimum Gasteiger partial charge on any atom is -0.369 e. The Kier molecular flexibility index (Phi) is 4.22. The highest BCUT2D eigenvalue weighted by Crippen LogP contribution is 2.35. The Labute approximate surface area is 123 Å². The zero-order chi connectivity index (χ0) is 14.9. The molecule has 1 aliphatic rings. The van der Waals surface area contributed by atoms with Crippen LogP contribution in [0.3, 0.4) is 0 Å². The van der Waals surface area contributed by atoms with E-state index in [0.717, 1.165) is 6.07 Å². The van der Waals surface area contributed by atoms with Crippen molar-refractivity contribution in [1.29, 1.82) is 0 Å².